The maximum absolute atomic E-state index is 14.3. The number of amides is 7. The number of nitrogens with zero attached hydrogens (tertiary/aromatic N) is 3. The van der Waals surface area contributed by atoms with Crippen LogP contribution in [-0.2, 0) is 43.2 Å². The minimum absolute atomic E-state index is 0.0279. The molecule has 0 saturated carbocycles. The number of nitrogens with two attached hydrogens (primary N) is 2. The number of hydrogen-bond donors (Lipinski definition) is 11. The van der Waals surface area contributed by atoms with Crippen molar-refractivity contribution < 1.29 is 28.8 Å². The monoisotopic (exact) mass is 1200 g/mol. The maximum Gasteiger partial charge on any atom is 0.315 e. The molecule has 6 rings (SSSR count). The molecule has 2 heterocycles. The van der Waals surface area contributed by atoms with Gasteiger partial charge >= 0.3 is 6.03 Å². The first-order valence-corrected chi connectivity index (χ1v) is 29.2. The van der Waals surface area contributed by atoms with E-state index in [1.54, 1.807) is 6.20 Å². The van der Waals surface area contributed by atoms with E-state index in [9.17, 15) is 28.8 Å². The Labute approximate surface area is 496 Å². The number of benzene rings is 4. The molecular weight excluding hydrogens is 1120 g/mol. The number of carbonyl (C=O) groups excluding carboxylic acids is 6. The minimum Gasteiger partial charge on any atom is -0.370 e. The van der Waals surface area contributed by atoms with E-state index in [-0.39, 0.29) is 55.9 Å². The van der Waals surface area contributed by atoms with Crippen LogP contribution in [0.3, 0.4) is 0 Å². The third-order valence-corrected chi connectivity index (χ3v) is 13.3. The highest BCUT2D eigenvalue weighted by Crippen LogP contribution is 2.26. The molecule has 0 spiro atoms. The second-order valence-corrected chi connectivity index (χ2v) is 22.3. The number of aromatic nitrogens is 3. The van der Waals surface area contributed by atoms with Gasteiger partial charge < -0.3 is 59.3 Å². The van der Waals surface area contributed by atoms with E-state index < -0.39 is 59.9 Å². The molecule has 4 aromatic carbocycles. The molecule has 83 heavy (non-hydrogen) atoms. The number of rotatable bonds is 30. The van der Waals surface area contributed by atoms with Gasteiger partial charge in [0, 0.05) is 53.9 Å². The third-order valence-electron chi connectivity index (χ3n) is 12.8. The molecule has 7 amide bonds. The normalized spacial score (nSPS) is 12.8. The van der Waals surface area contributed by atoms with Gasteiger partial charge in [-0.05, 0) is 105 Å². The van der Waals surface area contributed by atoms with Crippen molar-refractivity contribution in [2.24, 2.45) is 23.3 Å². The van der Waals surface area contributed by atoms with Crippen LogP contribution in [0.4, 0.5) is 22.1 Å². The number of pyridine rings is 1. The molecule has 444 valence electrons. The molecule has 5 atom stereocenters. The summed E-state index contributed by atoms with van der Waals surface area (Å²) in [6.45, 7) is 13.5. The van der Waals surface area contributed by atoms with Crippen LogP contribution in [0.15, 0.2) is 138 Å². The minimum atomic E-state index is -1.15. The summed E-state index contributed by atoms with van der Waals surface area (Å²) in [5, 5.41) is 27.3. The van der Waals surface area contributed by atoms with Gasteiger partial charge in [-0.2, -0.15) is 0 Å². The summed E-state index contributed by atoms with van der Waals surface area (Å²) in [7, 11) is 0. The fourth-order valence-corrected chi connectivity index (χ4v) is 9.15. The van der Waals surface area contributed by atoms with Gasteiger partial charge in [-0.25, -0.2) is 19.7 Å². The van der Waals surface area contributed by atoms with E-state index in [4.69, 9.17) is 11.5 Å². The number of urea groups is 1. The van der Waals surface area contributed by atoms with E-state index in [1.165, 1.54) is 6.33 Å². The zero-order chi connectivity index (χ0) is 60.1. The largest absolute Gasteiger partial charge is 0.370 e. The molecule has 0 radical (unpaired) electrons. The van der Waals surface area contributed by atoms with Crippen LogP contribution in [0.25, 0.3) is 10.9 Å². The molecule has 0 aliphatic rings. The van der Waals surface area contributed by atoms with Gasteiger partial charge in [0.2, 0.25) is 29.5 Å². The van der Waals surface area contributed by atoms with Gasteiger partial charge in [0.25, 0.3) is 0 Å². The lowest BCUT2D eigenvalue weighted by atomic mass is 9.98. The van der Waals surface area contributed by atoms with Crippen LogP contribution in [0.5, 0.6) is 0 Å². The van der Waals surface area contributed by atoms with Gasteiger partial charge in [-0.3, -0.25) is 24.0 Å². The number of hydrogen-bond acceptors (Lipinski definition) is 13. The number of fused-ring (bicyclic) bond motifs is 1. The molecular formula is C62H83BrN14O6. The van der Waals surface area contributed by atoms with Crippen molar-refractivity contribution in [2.75, 3.05) is 36.8 Å². The van der Waals surface area contributed by atoms with E-state index in [1.807, 2.05) is 163 Å². The Morgan fingerprint density at radius 2 is 0.976 bits per heavy atom. The Bertz CT molecular complexity index is 2980. The summed E-state index contributed by atoms with van der Waals surface area (Å²) in [6, 6.07) is 31.7. The van der Waals surface area contributed by atoms with Crippen molar-refractivity contribution >= 4 is 79.7 Å². The molecule has 21 heteroatoms. The fourth-order valence-electron chi connectivity index (χ4n) is 8.75. The molecule has 6 aromatic rings. The Balaban J connectivity index is 0.000000451. The fraction of sp³-hybridized carbons (Fsp3) is 0.403. The second kappa shape index (κ2) is 35.1. The van der Waals surface area contributed by atoms with E-state index in [0.717, 1.165) is 62.4 Å². The average Bonchev–Trinajstić information content (AvgIpc) is 3.55. The first-order valence-electron chi connectivity index (χ1n) is 28.4. The molecule has 20 nitrogen and oxygen atoms in total. The Morgan fingerprint density at radius 3 is 1.46 bits per heavy atom. The standard InChI is InChI=1S/C46H66N8O6.C16H17BrN6/c1-30(2)25-36(42(56)52-38(41(55)48-24-16-23-47)27-33-17-10-7-11-18-33)50-44(58)39(28-34-19-12-8-13-20-34)53-43(57)37(26-31(3)4)51-45(59)40(54-46(60)49-32(5)6)29-35-21-14-9-15-22-35;17-11-3-1-4-12(7-11)23-16-13-8-15(19-6-2-5-18)20-9-14(13)21-10-22-16/h7-15,17-22,30-32,36-40H,16,23-29,47H2,1-6H3,(H,48,55)(H,50,58)(H,51,59)(H,52,56)(H,53,57)(H2,49,54,60);1,3-4,7-10H,2,5-6,18H2,(H,19,20)(H,21,22,23). The highest BCUT2D eigenvalue weighted by molar-refractivity contribution is 9.10. The van der Waals surface area contributed by atoms with Crippen molar-refractivity contribution in [2.45, 2.75) is 123 Å². The van der Waals surface area contributed by atoms with Crippen molar-refractivity contribution in [1.29, 1.82) is 0 Å². The molecule has 0 saturated heterocycles. The Morgan fingerprint density at radius 1 is 0.506 bits per heavy atom. The zero-order valence-corrected chi connectivity index (χ0v) is 50.0. The van der Waals surface area contributed by atoms with Gasteiger partial charge in [0.1, 0.15) is 48.2 Å². The number of carbonyl (C=O) groups is 6. The highest BCUT2D eigenvalue weighted by atomic mass is 79.9. The summed E-state index contributed by atoms with van der Waals surface area (Å²) in [5.41, 5.74) is 15.3. The van der Waals surface area contributed by atoms with Crippen LogP contribution >= 0.6 is 15.9 Å². The topological polar surface area (TPSA) is 301 Å². The molecule has 13 N–H and O–H groups in total. The molecule has 0 aliphatic heterocycles. The van der Waals surface area contributed by atoms with Crippen LogP contribution < -0.4 is 59.3 Å². The van der Waals surface area contributed by atoms with Crippen molar-refractivity contribution in [3.8, 4) is 0 Å². The Kier molecular flexibility index (Phi) is 27.8. The quantitative estimate of drug-likeness (QED) is 0.0213. The molecule has 0 bridgehead atoms. The SMILES string of the molecule is CC(C)CC(NC(=O)C(Cc1ccccc1)NC(=O)NC(C)C)C(=O)NC(Cc1ccccc1)C(=O)NC(CC(C)C)C(=O)NC(Cc1ccccc1)C(=O)NCCCN.NCCCNc1cc2c(Nc3cccc(Br)c3)ncnc2cn1. The summed E-state index contributed by atoms with van der Waals surface area (Å²) in [6.07, 6.45) is 5.72. The smallest absolute Gasteiger partial charge is 0.315 e. The van der Waals surface area contributed by atoms with Gasteiger partial charge in [0.05, 0.1) is 11.7 Å². The van der Waals surface area contributed by atoms with E-state index in [0.29, 0.717) is 26.1 Å². The third kappa shape index (κ3) is 23.8. The van der Waals surface area contributed by atoms with Crippen molar-refractivity contribution in [1.82, 2.24) is 52.2 Å². The molecule has 0 fully saturated rings. The first kappa shape index (κ1) is 65.8. The predicted octanol–water partition coefficient (Wildman–Crippen LogP) is 6.58. The summed E-state index contributed by atoms with van der Waals surface area (Å²) >= 11 is 3.47. The first-order chi connectivity index (χ1) is 39.9. The van der Waals surface area contributed by atoms with Gasteiger partial charge in [-0.15, -0.1) is 0 Å². The van der Waals surface area contributed by atoms with Crippen molar-refractivity contribution in [3.05, 3.63) is 155 Å². The van der Waals surface area contributed by atoms with Crippen LogP contribution in [0.1, 0.15) is 83.9 Å². The van der Waals surface area contributed by atoms with E-state index >= 15 is 0 Å². The average molecular weight is 1200 g/mol. The van der Waals surface area contributed by atoms with Crippen LogP contribution in [0, 0.1) is 11.8 Å². The summed E-state index contributed by atoms with van der Waals surface area (Å²) < 4.78 is 1.01. The highest BCUT2D eigenvalue weighted by Gasteiger charge is 2.34. The maximum atomic E-state index is 14.3. The van der Waals surface area contributed by atoms with Gasteiger partial charge in [0.15, 0.2) is 0 Å². The molecule has 5 unspecified atom stereocenters. The van der Waals surface area contributed by atoms with Crippen LogP contribution in [-0.4, -0.2) is 113 Å². The predicted molar refractivity (Wildman–Crippen MR) is 331 cm³/mol. The summed E-state index contributed by atoms with van der Waals surface area (Å²) in [5.74, 6) is -1.21. The number of halogens is 1. The van der Waals surface area contributed by atoms with Crippen LogP contribution in [0.2, 0.25) is 0 Å². The van der Waals surface area contributed by atoms with E-state index in [2.05, 4.69) is 78.7 Å². The lowest BCUT2D eigenvalue weighted by Gasteiger charge is -2.28. The lowest BCUT2D eigenvalue weighted by molar-refractivity contribution is -0.135. The summed E-state index contributed by atoms with van der Waals surface area (Å²) in [4.78, 5) is 95.7. The molecule has 0 aliphatic carbocycles. The lowest BCUT2D eigenvalue weighted by Crippen LogP contribution is -2.60. The number of anilines is 3. The zero-order valence-electron chi connectivity index (χ0n) is 48.4. The van der Waals surface area contributed by atoms with Gasteiger partial charge in [-0.1, -0.05) is 141 Å². The van der Waals surface area contributed by atoms with Crippen molar-refractivity contribution in [3.63, 3.8) is 0 Å². The number of nitrogens with one attached hydrogen (secondary N) is 9. The second-order valence-electron chi connectivity index (χ2n) is 21.3. The molecule has 2 aromatic heterocycles. The Hall–Kier alpha value is -8.01.